The van der Waals surface area contributed by atoms with E-state index in [2.05, 4.69) is 26.2 Å². The Hall–Kier alpha value is -2.15. The van der Waals surface area contributed by atoms with Crippen LogP contribution in [0, 0.1) is 5.82 Å². The zero-order chi connectivity index (χ0) is 19.1. The van der Waals surface area contributed by atoms with Gasteiger partial charge < -0.3 is 14.8 Å². The third kappa shape index (κ3) is 6.19. The van der Waals surface area contributed by atoms with Crippen LogP contribution in [-0.2, 0) is 19.7 Å². The van der Waals surface area contributed by atoms with Gasteiger partial charge in [-0.3, -0.25) is 4.98 Å². The minimum absolute atomic E-state index is 0. The molecule has 3 rings (SSSR count). The highest BCUT2D eigenvalue weighted by Gasteiger charge is 2.12. The molecule has 0 saturated carbocycles. The molecule has 0 unspecified atom stereocenters. The van der Waals surface area contributed by atoms with Crippen molar-refractivity contribution >= 4 is 28.3 Å². The molecule has 0 aliphatic heterocycles. The average molecular weight is 468 g/mol. The quantitative estimate of drug-likeness (QED) is 0.489. The molecule has 0 fully saturated rings. The van der Waals surface area contributed by atoms with Crippen LogP contribution >= 0.6 is 28.3 Å². The van der Waals surface area contributed by atoms with E-state index in [1.54, 1.807) is 25.4 Å². The van der Waals surface area contributed by atoms with Crippen LogP contribution in [0.5, 0.6) is 11.5 Å². The summed E-state index contributed by atoms with van der Waals surface area (Å²) in [5.41, 5.74) is 3.08. The van der Waals surface area contributed by atoms with E-state index in [9.17, 15) is 4.39 Å². The predicted octanol–water partition coefficient (Wildman–Crippen LogP) is 5.28. The van der Waals surface area contributed by atoms with Gasteiger partial charge in [-0.2, -0.15) is 0 Å². The lowest BCUT2D eigenvalue weighted by molar-refractivity contribution is 0.282. The van der Waals surface area contributed by atoms with Gasteiger partial charge in [0.25, 0.3) is 0 Å². The molecule has 1 heterocycles. The van der Waals surface area contributed by atoms with Gasteiger partial charge in [0.2, 0.25) is 0 Å². The van der Waals surface area contributed by atoms with Crippen molar-refractivity contribution in [2.45, 2.75) is 19.7 Å². The molecule has 0 aliphatic carbocycles. The summed E-state index contributed by atoms with van der Waals surface area (Å²) in [6.07, 6.45) is 3.60. The number of benzene rings is 2. The second-order valence-electron chi connectivity index (χ2n) is 5.99. The highest BCUT2D eigenvalue weighted by Crippen LogP contribution is 2.37. The van der Waals surface area contributed by atoms with E-state index >= 15 is 0 Å². The summed E-state index contributed by atoms with van der Waals surface area (Å²) >= 11 is 3.56. The maximum Gasteiger partial charge on any atom is 0.175 e. The number of hydrogen-bond donors (Lipinski definition) is 1. The molecule has 28 heavy (non-hydrogen) atoms. The van der Waals surface area contributed by atoms with Crippen LogP contribution in [0.25, 0.3) is 0 Å². The third-order valence-corrected chi connectivity index (χ3v) is 4.56. The minimum atomic E-state index is -0.263. The zero-order valence-corrected chi connectivity index (χ0v) is 17.7. The number of halogens is 3. The molecular formula is C21H21BrClFN2O2. The minimum Gasteiger partial charge on any atom is -0.493 e. The molecular weight excluding hydrogens is 447 g/mol. The van der Waals surface area contributed by atoms with E-state index in [4.69, 9.17) is 9.47 Å². The molecule has 0 bridgehead atoms. The monoisotopic (exact) mass is 466 g/mol. The maximum atomic E-state index is 13.0. The molecule has 2 aromatic carbocycles. The van der Waals surface area contributed by atoms with Crippen LogP contribution in [0.2, 0.25) is 0 Å². The Morgan fingerprint density at radius 2 is 1.79 bits per heavy atom. The Labute approximate surface area is 178 Å². The summed E-state index contributed by atoms with van der Waals surface area (Å²) in [6, 6.07) is 14.1. The number of nitrogens with one attached hydrogen (secondary N) is 1. The van der Waals surface area contributed by atoms with Gasteiger partial charge >= 0.3 is 0 Å². The SMILES string of the molecule is COc1cc(CNCc2cccnc2)cc(Br)c1OCc1ccc(F)cc1.Cl. The molecule has 7 heteroatoms. The molecule has 1 N–H and O–H groups in total. The van der Waals surface area contributed by atoms with E-state index in [-0.39, 0.29) is 18.2 Å². The summed E-state index contributed by atoms with van der Waals surface area (Å²) in [5.74, 6) is 1.00. The number of rotatable bonds is 8. The van der Waals surface area contributed by atoms with Crippen molar-refractivity contribution in [3.05, 3.63) is 87.9 Å². The van der Waals surface area contributed by atoms with Crippen LogP contribution in [-0.4, -0.2) is 12.1 Å². The topological polar surface area (TPSA) is 43.4 Å². The Morgan fingerprint density at radius 1 is 1.04 bits per heavy atom. The molecule has 0 spiro atoms. The smallest absolute Gasteiger partial charge is 0.175 e. The van der Waals surface area contributed by atoms with Gasteiger partial charge in [-0.05, 0) is 63.0 Å². The van der Waals surface area contributed by atoms with Crippen molar-refractivity contribution in [1.29, 1.82) is 0 Å². The summed E-state index contributed by atoms with van der Waals surface area (Å²) in [7, 11) is 1.61. The van der Waals surface area contributed by atoms with Crippen LogP contribution in [0.15, 0.2) is 65.4 Å². The van der Waals surface area contributed by atoms with E-state index in [1.807, 2.05) is 30.5 Å². The first-order valence-electron chi connectivity index (χ1n) is 8.49. The number of nitrogens with zero attached hydrogens (tertiary/aromatic N) is 1. The van der Waals surface area contributed by atoms with Crippen LogP contribution in [0.3, 0.4) is 0 Å². The average Bonchev–Trinajstić information content (AvgIpc) is 2.69. The number of pyridine rings is 1. The van der Waals surface area contributed by atoms with E-state index < -0.39 is 0 Å². The lowest BCUT2D eigenvalue weighted by Crippen LogP contribution is -2.13. The fourth-order valence-corrected chi connectivity index (χ4v) is 3.21. The van der Waals surface area contributed by atoms with Crippen LogP contribution in [0.1, 0.15) is 16.7 Å². The van der Waals surface area contributed by atoms with Crippen LogP contribution < -0.4 is 14.8 Å². The molecule has 1 aromatic heterocycles. The lowest BCUT2D eigenvalue weighted by Gasteiger charge is -2.15. The standard InChI is InChI=1S/C21H20BrFN2O2.ClH/c1-26-20-10-17(13-25-12-16-3-2-8-24-11-16)9-19(22)21(20)27-14-15-4-6-18(23)7-5-15;/h2-11,25H,12-14H2,1H3;1H. The second-order valence-corrected chi connectivity index (χ2v) is 6.84. The van der Waals surface area contributed by atoms with Gasteiger partial charge in [0.05, 0.1) is 11.6 Å². The molecule has 0 saturated heterocycles. The number of methoxy groups -OCH3 is 1. The van der Waals surface area contributed by atoms with E-state index in [0.29, 0.717) is 24.7 Å². The van der Waals surface area contributed by atoms with Crippen molar-refractivity contribution in [2.24, 2.45) is 0 Å². The number of ether oxygens (including phenoxy) is 2. The number of hydrogen-bond acceptors (Lipinski definition) is 4. The van der Waals surface area contributed by atoms with Crippen molar-refractivity contribution in [2.75, 3.05) is 7.11 Å². The maximum absolute atomic E-state index is 13.0. The summed E-state index contributed by atoms with van der Waals surface area (Å²) in [6.45, 7) is 1.74. The molecule has 4 nitrogen and oxygen atoms in total. The summed E-state index contributed by atoms with van der Waals surface area (Å²) in [4.78, 5) is 4.11. The molecule has 148 valence electrons. The molecule has 3 aromatic rings. The second kappa shape index (κ2) is 11.0. The molecule has 0 aliphatic rings. The number of aromatic nitrogens is 1. The fraction of sp³-hybridized carbons (Fsp3) is 0.190. The molecule has 0 atom stereocenters. The first-order chi connectivity index (χ1) is 13.2. The lowest BCUT2D eigenvalue weighted by atomic mass is 10.2. The molecule has 0 amide bonds. The highest BCUT2D eigenvalue weighted by atomic mass is 79.9. The zero-order valence-electron chi connectivity index (χ0n) is 15.3. The predicted molar refractivity (Wildman–Crippen MR) is 113 cm³/mol. The van der Waals surface area contributed by atoms with Gasteiger partial charge in [0.15, 0.2) is 11.5 Å². The highest BCUT2D eigenvalue weighted by molar-refractivity contribution is 9.10. The van der Waals surface area contributed by atoms with Crippen molar-refractivity contribution in [3.8, 4) is 11.5 Å². The first kappa shape index (κ1) is 22.1. The summed E-state index contributed by atoms with van der Waals surface area (Å²) < 4.78 is 25.2. The Balaban J connectivity index is 0.00000280. The van der Waals surface area contributed by atoms with Gasteiger partial charge in [-0.1, -0.05) is 18.2 Å². The normalized spacial score (nSPS) is 10.2. The van der Waals surface area contributed by atoms with Crippen molar-refractivity contribution in [3.63, 3.8) is 0 Å². The van der Waals surface area contributed by atoms with Crippen molar-refractivity contribution < 1.29 is 13.9 Å². The van der Waals surface area contributed by atoms with E-state index in [1.165, 1.54) is 12.1 Å². The molecule has 0 radical (unpaired) electrons. The van der Waals surface area contributed by atoms with E-state index in [0.717, 1.165) is 27.7 Å². The Bertz CT molecular complexity index is 880. The first-order valence-corrected chi connectivity index (χ1v) is 9.28. The van der Waals surface area contributed by atoms with Crippen LogP contribution in [0.4, 0.5) is 4.39 Å². The van der Waals surface area contributed by atoms with Gasteiger partial charge in [-0.15, -0.1) is 12.4 Å². The Morgan fingerprint density at radius 3 is 2.46 bits per heavy atom. The van der Waals surface area contributed by atoms with Gasteiger partial charge in [0.1, 0.15) is 12.4 Å². The van der Waals surface area contributed by atoms with Gasteiger partial charge in [0, 0.05) is 25.5 Å². The third-order valence-electron chi connectivity index (χ3n) is 3.97. The fourth-order valence-electron chi connectivity index (χ4n) is 2.61. The van der Waals surface area contributed by atoms with Crippen molar-refractivity contribution in [1.82, 2.24) is 10.3 Å². The van der Waals surface area contributed by atoms with Gasteiger partial charge in [-0.25, -0.2) is 4.39 Å². The largest absolute Gasteiger partial charge is 0.493 e. The summed E-state index contributed by atoms with van der Waals surface area (Å²) in [5, 5.41) is 3.39. The Kier molecular flexibility index (Phi) is 8.70.